The Hall–Kier alpha value is -0.900. The fourth-order valence-electron chi connectivity index (χ4n) is 2.55. The van der Waals surface area contributed by atoms with Crippen molar-refractivity contribution in [1.29, 1.82) is 0 Å². The van der Waals surface area contributed by atoms with Crippen LogP contribution < -0.4 is 5.32 Å². The quantitative estimate of drug-likeness (QED) is 0.910. The number of nitrogens with one attached hydrogen (secondary N) is 1. The Balaban J connectivity index is 1.56. The lowest BCUT2D eigenvalue weighted by Gasteiger charge is -2.22. The van der Waals surface area contributed by atoms with Crippen molar-refractivity contribution in [2.75, 3.05) is 19.8 Å². The van der Waals surface area contributed by atoms with Crippen LogP contribution in [0.25, 0.3) is 10.1 Å². The van der Waals surface area contributed by atoms with Gasteiger partial charge in [-0.3, -0.25) is 0 Å². The van der Waals surface area contributed by atoms with Crippen LogP contribution in [0.3, 0.4) is 0 Å². The second-order valence-corrected chi connectivity index (χ2v) is 5.88. The molecule has 1 aromatic carbocycles. The Morgan fingerprint density at radius 3 is 3.17 bits per heavy atom. The van der Waals surface area contributed by atoms with E-state index in [1.54, 1.807) is 0 Å². The average Bonchev–Trinajstić information content (AvgIpc) is 2.84. The van der Waals surface area contributed by atoms with Gasteiger partial charge in [-0.05, 0) is 41.2 Å². The van der Waals surface area contributed by atoms with Crippen LogP contribution in [0.2, 0.25) is 0 Å². The van der Waals surface area contributed by atoms with E-state index < -0.39 is 0 Å². The number of ether oxygens (including phenoxy) is 1. The largest absolute Gasteiger partial charge is 0.381 e. The van der Waals surface area contributed by atoms with Crippen molar-refractivity contribution in [3.05, 3.63) is 35.2 Å². The average molecular weight is 261 g/mol. The van der Waals surface area contributed by atoms with Crippen LogP contribution in [0.15, 0.2) is 29.6 Å². The van der Waals surface area contributed by atoms with Crippen molar-refractivity contribution in [3.63, 3.8) is 0 Å². The van der Waals surface area contributed by atoms with E-state index in [9.17, 15) is 0 Å². The minimum absolute atomic E-state index is 0.698. The molecule has 96 valence electrons. The van der Waals surface area contributed by atoms with Crippen molar-refractivity contribution < 1.29 is 4.74 Å². The summed E-state index contributed by atoms with van der Waals surface area (Å²) >= 11 is 1.84. The van der Waals surface area contributed by atoms with Gasteiger partial charge in [0, 0.05) is 24.4 Å². The van der Waals surface area contributed by atoms with Crippen molar-refractivity contribution >= 4 is 21.4 Å². The van der Waals surface area contributed by atoms with Gasteiger partial charge in [0.1, 0.15) is 0 Å². The van der Waals surface area contributed by atoms with Crippen LogP contribution in [0.5, 0.6) is 0 Å². The maximum absolute atomic E-state index is 5.50. The topological polar surface area (TPSA) is 21.3 Å². The van der Waals surface area contributed by atoms with Gasteiger partial charge in [-0.1, -0.05) is 18.2 Å². The molecule has 0 saturated carbocycles. The molecule has 1 N–H and O–H groups in total. The Morgan fingerprint density at radius 2 is 2.28 bits per heavy atom. The van der Waals surface area contributed by atoms with Gasteiger partial charge in [-0.25, -0.2) is 0 Å². The van der Waals surface area contributed by atoms with Crippen molar-refractivity contribution in [1.82, 2.24) is 5.32 Å². The monoisotopic (exact) mass is 261 g/mol. The molecule has 1 atom stereocenters. The first-order valence-corrected chi connectivity index (χ1v) is 7.55. The predicted octanol–water partition coefficient (Wildman–Crippen LogP) is 3.42. The van der Waals surface area contributed by atoms with E-state index in [1.165, 1.54) is 28.5 Å². The molecule has 1 fully saturated rings. The molecule has 1 aliphatic heterocycles. The number of hydrogen-bond donors (Lipinski definition) is 1. The zero-order chi connectivity index (χ0) is 12.2. The number of benzene rings is 1. The van der Waals surface area contributed by atoms with E-state index in [1.807, 2.05) is 11.3 Å². The fourth-order valence-corrected chi connectivity index (χ4v) is 3.51. The van der Waals surface area contributed by atoms with Crippen LogP contribution in [-0.4, -0.2) is 19.8 Å². The summed E-state index contributed by atoms with van der Waals surface area (Å²) in [4.78, 5) is 0. The van der Waals surface area contributed by atoms with Crippen LogP contribution in [0.4, 0.5) is 0 Å². The van der Waals surface area contributed by atoms with Gasteiger partial charge >= 0.3 is 0 Å². The van der Waals surface area contributed by atoms with Gasteiger partial charge in [0.05, 0.1) is 6.61 Å². The SMILES string of the molecule is c1ccc2c(CNCC3CCCOC3)csc2c1. The van der Waals surface area contributed by atoms with Gasteiger partial charge in [-0.2, -0.15) is 0 Å². The molecule has 1 aliphatic rings. The summed E-state index contributed by atoms with van der Waals surface area (Å²) in [5.74, 6) is 0.698. The van der Waals surface area contributed by atoms with E-state index in [-0.39, 0.29) is 0 Å². The summed E-state index contributed by atoms with van der Waals surface area (Å²) in [6.07, 6.45) is 2.52. The Morgan fingerprint density at radius 1 is 1.33 bits per heavy atom. The van der Waals surface area contributed by atoms with Gasteiger partial charge < -0.3 is 10.1 Å². The minimum Gasteiger partial charge on any atom is -0.381 e. The molecular formula is C15H19NOS. The highest BCUT2D eigenvalue weighted by Gasteiger charge is 2.13. The summed E-state index contributed by atoms with van der Waals surface area (Å²) < 4.78 is 6.89. The summed E-state index contributed by atoms with van der Waals surface area (Å²) in [5, 5.41) is 7.25. The molecule has 18 heavy (non-hydrogen) atoms. The van der Waals surface area contributed by atoms with Crippen molar-refractivity contribution in [2.24, 2.45) is 5.92 Å². The lowest BCUT2D eigenvalue weighted by molar-refractivity contribution is 0.0547. The molecule has 1 aromatic heterocycles. The van der Waals surface area contributed by atoms with E-state index in [0.717, 1.165) is 26.3 Å². The first-order valence-electron chi connectivity index (χ1n) is 6.67. The Kier molecular flexibility index (Phi) is 3.93. The molecule has 1 unspecified atom stereocenters. The first-order chi connectivity index (χ1) is 8.93. The number of thiophene rings is 1. The van der Waals surface area contributed by atoms with E-state index >= 15 is 0 Å². The molecule has 0 radical (unpaired) electrons. The molecule has 0 bridgehead atoms. The number of hydrogen-bond acceptors (Lipinski definition) is 3. The molecule has 2 heterocycles. The van der Waals surface area contributed by atoms with Gasteiger partial charge in [0.15, 0.2) is 0 Å². The first kappa shape index (κ1) is 12.2. The molecule has 3 heteroatoms. The summed E-state index contributed by atoms with van der Waals surface area (Å²) in [7, 11) is 0. The lowest BCUT2D eigenvalue weighted by atomic mass is 10.0. The normalized spacial score (nSPS) is 20.3. The molecule has 3 rings (SSSR count). The smallest absolute Gasteiger partial charge is 0.0506 e. The fraction of sp³-hybridized carbons (Fsp3) is 0.467. The predicted molar refractivity (Wildman–Crippen MR) is 77.1 cm³/mol. The second-order valence-electron chi connectivity index (χ2n) is 4.97. The summed E-state index contributed by atoms with van der Waals surface area (Å²) in [6, 6.07) is 8.63. The van der Waals surface area contributed by atoms with E-state index in [4.69, 9.17) is 4.74 Å². The maximum atomic E-state index is 5.50. The minimum atomic E-state index is 0.698. The van der Waals surface area contributed by atoms with Gasteiger partial charge in [-0.15, -0.1) is 11.3 Å². The maximum Gasteiger partial charge on any atom is 0.0506 e. The van der Waals surface area contributed by atoms with Crippen LogP contribution in [0.1, 0.15) is 18.4 Å². The zero-order valence-corrected chi connectivity index (χ0v) is 11.3. The highest BCUT2D eigenvalue weighted by molar-refractivity contribution is 7.17. The lowest BCUT2D eigenvalue weighted by Crippen LogP contribution is -2.28. The van der Waals surface area contributed by atoms with Gasteiger partial charge in [0.2, 0.25) is 0 Å². The molecule has 2 aromatic rings. The number of rotatable bonds is 4. The van der Waals surface area contributed by atoms with Crippen LogP contribution in [0, 0.1) is 5.92 Å². The number of fused-ring (bicyclic) bond motifs is 1. The Labute approximate surface area is 112 Å². The van der Waals surface area contributed by atoms with Crippen LogP contribution >= 0.6 is 11.3 Å². The van der Waals surface area contributed by atoms with E-state index in [0.29, 0.717) is 5.92 Å². The molecule has 0 spiro atoms. The molecular weight excluding hydrogens is 242 g/mol. The van der Waals surface area contributed by atoms with Gasteiger partial charge in [0.25, 0.3) is 0 Å². The molecule has 1 saturated heterocycles. The van der Waals surface area contributed by atoms with Crippen LogP contribution in [-0.2, 0) is 11.3 Å². The highest BCUT2D eigenvalue weighted by atomic mass is 32.1. The standard InChI is InChI=1S/C15H19NOS/c1-2-6-15-14(5-1)13(11-18-15)9-16-8-12-4-3-7-17-10-12/h1-2,5-6,11-12,16H,3-4,7-10H2. The third-order valence-corrected chi connectivity index (χ3v) is 4.58. The highest BCUT2D eigenvalue weighted by Crippen LogP contribution is 2.25. The van der Waals surface area contributed by atoms with Crippen molar-refractivity contribution in [2.45, 2.75) is 19.4 Å². The van der Waals surface area contributed by atoms with Crippen molar-refractivity contribution in [3.8, 4) is 0 Å². The third kappa shape index (κ3) is 2.74. The summed E-state index contributed by atoms with van der Waals surface area (Å²) in [6.45, 7) is 3.92. The Bertz CT molecular complexity index is 502. The van der Waals surface area contributed by atoms with E-state index in [2.05, 4.69) is 35.0 Å². The third-order valence-electron chi connectivity index (χ3n) is 3.56. The zero-order valence-electron chi connectivity index (χ0n) is 10.5. The molecule has 0 amide bonds. The molecule has 0 aliphatic carbocycles. The molecule has 2 nitrogen and oxygen atoms in total. The second kappa shape index (κ2) is 5.83. The summed E-state index contributed by atoms with van der Waals surface area (Å²) in [5.41, 5.74) is 1.42.